The first-order valence-corrected chi connectivity index (χ1v) is 6.89. The van der Waals surface area contributed by atoms with E-state index in [4.69, 9.17) is 5.26 Å². The predicted octanol–water partition coefficient (Wildman–Crippen LogP) is 3.63. The van der Waals surface area contributed by atoms with E-state index in [2.05, 4.69) is 23.6 Å². The summed E-state index contributed by atoms with van der Waals surface area (Å²) < 4.78 is 0. The Morgan fingerprint density at radius 2 is 1.76 bits per heavy atom. The van der Waals surface area contributed by atoms with Crippen LogP contribution < -0.4 is 10.6 Å². The van der Waals surface area contributed by atoms with Crippen LogP contribution >= 0.6 is 0 Å². The summed E-state index contributed by atoms with van der Waals surface area (Å²) >= 11 is 0. The molecule has 0 atom stereocenters. The summed E-state index contributed by atoms with van der Waals surface area (Å²) in [6, 6.07) is 16.4. The molecule has 0 aliphatic heterocycles. The second-order valence-corrected chi connectivity index (χ2v) is 4.58. The van der Waals surface area contributed by atoms with Crippen molar-refractivity contribution in [2.24, 2.45) is 0 Å². The molecule has 2 aromatic carbocycles. The summed E-state index contributed by atoms with van der Waals surface area (Å²) in [6.45, 7) is 2.87. The smallest absolute Gasteiger partial charge is 0.257 e. The molecule has 0 aliphatic rings. The van der Waals surface area contributed by atoms with Crippen molar-refractivity contribution in [2.75, 3.05) is 17.2 Å². The Kier molecular flexibility index (Phi) is 4.94. The van der Waals surface area contributed by atoms with Gasteiger partial charge in [0.05, 0.1) is 16.8 Å². The molecule has 1 amide bonds. The molecule has 0 radical (unpaired) electrons. The molecule has 0 saturated carbocycles. The van der Waals surface area contributed by atoms with Crippen molar-refractivity contribution in [3.8, 4) is 6.07 Å². The Labute approximate surface area is 124 Å². The van der Waals surface area contributed by atoms with Crippen molar-refractivity contribution in [3.63, 3.8) is 0 Å². The number of carbonyl (C=O) groups is 1. The maximum atomic E-state index is 12.4. The molecule has 4 heteroatoms. The Morgan fingerprint density at radius 3 is 2.48 bits per heavy atom. The fourth-order valence-electron chi connectivity index (χ4n) is 1.97. The zero-order valence-corrected chi connectivity index (χ0v) is 11.9. The third-order valence-corrected chi connectivity index (χ3v) is 3.03. The molecule has 0 aliphatic carbocycles. The van der Waals surface area contributed by atoms with Crippen LogP contribution in [0.3, 0.4) is 0 Å². The summed E-state index contributed by atoms with van der Waals surface area (Å²) in [5.41, 5.74) is 2.34. The molecule has 0 unspecified atom stereocenters. The number of hydrogen-bond donors (Lipinski definition) is 2. The van der Waals surface area contributed by atoms with Crippen LogP contribution in [0.25, 0.3) is 0 Å². The van der Waals surface area contributed by atoms with Crippen molar-refractivity contribution in [2.45, 2.75) is 13.3 Å². The van der Waals surface area contributed by atoms with Crippen LogP contribution in [0.4, 0.5) is 11.4 Å². The quantitative estimate of drug-likeness (QED) is 0.878. The number of carbonyl (C=O) groups excluding carboxylic acids is 1. The lowest BCUT2D eigenvalue weighted by Gasteiger charge is -2.12. The molecule has 0 saturated heterocycles. The molecular weight excluding hydrogens is 262 g/mol. The van der Waals surface area contributed by atoms with Crippen molar-refractivity contribution in [1.82, 2.24) is 0 Å². The zero-order valence-electron chi connectivity index (χ0n) is 11.9. The van der Waals surface area contributed by atoms with Gasteiger partial charge in [-0.05, 0) is 30.7 Å². The molecule has 21 heavy (non-hydrogen) atoms. The second kappa shape index (κ2) is 7.11. The second-order valence-electron chi connectivity index (χ2n) is 4.58. The van der Waals surface area contributed by atoms with Crippen LogP contribution in [-0.2, 0) is 0 Å². The highest BCUT2D eigenvalue weighted by Crippen LogP contribution is 2.19. The number of nitriles is 1. The van der Waals surface area contributed by atoms with E-state index in [9.17, 15) is 4.79 Å². The van der Waals surface area contributed by atoms with Crippen LogP contribution in [0, 0.1) is 11.3 Å². The largest absolute Gasteiger partial charge is 0.384 e. The molecule has 0 spiro atoms. The lowest BCUT2D eigenvalue weighted by molar-refractivity contribution is 0.102. The van der Waals surface area contributed by atoms with E-state index in [1.165, 1.54) is 0 Å². The molecule has 0 bridgehead atoms. The van der Waals surface area contributed by atoms with Crippen molar-refractivity contribution in [1.29, 1.82) is 5.26 Å². The van der Waals surface area contributed by atoms with E-state index in [-0.39, 0.29) is 5.91 Å². The van der Waals surface area contributed by atoms with Crippen LogP contribution in [0.15, 0.2) is 48.5 Å². The SMILES string of the molecule is CCCNc1ccccc1C(=O)Nc1ccccc1C#N. The molecule has 0 heterocycles. The topological polar surface area (TPSA) is 64.9 Å². The summed E-state index contributed by atoms with van der Waals surface area (Å²) in [4.78, 5) is 12.4. The number of nitrogens with zero attached hydrogens (tertiary/aromatic N) is 1. The summed E-state index contributed by atoms with van der Waals surface area (Å²) in [5.74, 6) is -0.225. The minimum absolute atomic E-state index is 0.225. The van der Waals surface area contributed by atoms with Gasteiger partial charge in [0.15, 0.2) is 0 Å². The molecule has 2 aromatic rings. The lowest BCUT2D eigenvalue weighted by atomic mass is 10.1. The number of para-hydroxylation sites is 2. The molecule has 2 N–H and O–H groups in total. The van der Waals surface area contributed by atoms with E-state index < -0.39 is 0 Å². The van der Waals surface area contributed by atoms with Crippen LogP contribution in [0.1, 0.15) is 29.3 Å². The molecule has 4 nitrogen and oxygen atoms in total. The first-order chi connectivity index (χ1) is 10.3. The summed E-state index contributed by atoms with van der Waals surface area (Å²) in [5, 5.41) is 15.1. The van der Waals surface area contributed by atoms with Gasteiger partial charge in [-0.3, -0.25) is 4.79 Å². The molecule has 0 aromatic heterocycles. The minimum atomic E-state index is -0.225. The van der Waals surface area contributed by atoms with E-state index >= 15 is 0 Å². The number of hydrogen-bond acceptors (Lipinski definition) is 3. The fraction of sp³-hybridized carbons (Fsp3) is 0.176. The number of nitrogens with one attached hydrogen (secondary N) is 2. The normalized spacial score (nSPS) is 9.71. The third-order valence-electron chi connectivity index (χ3n) is 3.03. The van der Waals surface area contributed by atoms with Crippen LogP contribution in [0.5, 0.6) is 0 Å². The van der Waals surface area contributed by atoms with Gasteiger partial charge < -0.3 is 10.6 Å². The highest BCUT2D eigenvalue weighted by atomic mass is 16.1. The van der Waals surface area contributed by atoms with Gasteiger partial charge in [-0.1, -0.05) is 31.2 Å². The first-order valence-electron chi connectivity index (χ1n) is 6.89. The summed E-state index contributed by atoms with van der Waals surface area (Å²) in [7, 11) is 0. The highest BCUT2D eigenvalue weighted by molar-refractivity contribution is 6.08. The van der Waals surface area contributed by atoms with Gasteiger partial charge in [0.1, 0.15) is 6.07 Å². The standard InChI is InChI=1S/C17H17N3O/c1-2-11-19-16-10-6-4-8-14(16)17(21)20-15-9-5-3-7-13(15)12-18/h3-10,19H,2,11H2,1H3,(H,20,21). The van der Waals surface area contributed by atoms with Crippen molar-refractivity contribution < 1.29 is 4.79 Å². The van der Waals surface area contributed by atoms with Gasteiger partial charge in [-0.2, -0.15) is 5.26 Å². The Morgan fingerprint density at radius 1 is 1.10 bits per heavy atom. The third kappa shape index (κ3) is 3.61. The number of anilines is 2. The Balaban J connectivity index is 2.23. The van der Waals surface area contributed by atoms with Crippen molar-refractivity contribution >= 4 is 17.3 Å². The number of amides is 1. The fourth-order valence-corrected chi connectivity index (χ4v) is 1.97. The average molecular weight is 279 g/mol. The van der Waals surface area contributed by atoms with Gasteiger partial charge in [-0.15, -0.1) is 0 Å². The summed E-state index contributed by atoms with van der Waals surface area (Å²) in [6.07, 6.45) is 0.979. The lowest BCUT2D eigenvalue weighted by Crippen LogP contribution is -2.15. The minimum Gasteiger partial charge on any atom is -0.384 e. The van der Waals surface area contributed by atoms with E-state index in [1.807, 2.05) is 18.2 Å². The first kappa shape index (κ1) is 14.6. The van der Waals surface area contributed by atoms with E-state index in [1.54, 1.807) is 30.3 Å². The number of benzene rings is 2. The van der Waals surface area contributed by atoms with E-state index in [0.29, 0.717) is 16.8 Å². The van der Waals surface area contributed by atoms with E-state index in [0.717, 1.165) is 18.7 Å². The Bertz CT molecular complexity index is 674. The van der Waals surface area contributed by atoms with Crippen LogP contribution in [-0.4, -0.2) is 12.5 Å². The maximum absolute atomic E-state index is 12.4. The van der Waals surface area contributed by atoms with Gasteiger partial charge in [0.25, 0.3) is 5.91 Å². The monoisotopic (exact) mass is 279 g/mol. The van der Waals surface area contributed by atoms with Gasteiger partial charge >= 0.3 is 0 Å². The average Bonchev–Trinajstić information content (AvgIpc) is 2.53. The van der Waals surface area contributed by atoms with Crippen LogP contribution in [0.2, 0.25) is 0 Å². The highest BCUT2D eigenvalue weighted by Gasteiger charge is 2.12. The Hall–Kier alpha value is -2.80. The van der Waals surface area contributed by atoms with Crippen molar-refractivity contribution in [3.05, 3.63) is 59.7 Å². The van der Waals surface area contributed by atoms with Gasteiger partial charge in [0.2, 0.25) is 0 Å². The molecule has 2 rings (SSSR count). The molecule has 0 fully saturated rings. The zero-order chi connectivity index (χ0) is 15.1. The maximum Gasteiger partial charge on any atom is 0.257 e. The van der Waals surface area contributed by atoms with Gasteiger partial charge in [0, 0.05) is 12.2 Å². The van der Waals surface area contributed by atoms with Gasteiger partial charge in [-0.25, -0.2) is 0 Å². The molecular formula is C17H17N3O. The number of rotatable bonds is 5. The molecule has 106 valence electrons. The predicted molar refractivity (Wildman–Crippen MR) is 84.3 cm³/mol.